The minimum Gasteiger partial charge on any atom is -0.294 e. The molecule has 2 aliphatic rings. The lowest BCUT2D eigenvalue weighted by Crippen LogP contribution is -1.94. The molecule has 3 rings (SSSR count). The van der Waals surface area contributed by atoms with Gasteiger partial charge in [0, 0.05) is 5.56 Å². The number of hydrogen-bond donors (Lipinski definition) is 0. The zero-order valence-electron chi connectivity index (χ0n) is 9.81. The molecule has 0 heterocycles. The number of ketones is 1. The van der Waals surface area contributed by atoms with E-state index in [1.165, 1.54) is 11.1 Å². The summed E-state index contributed by atoms with van der Waals surface area (Å²) in [5.41, 5.74) is 4.49. The van der Waals surface area contributed by atoms with Gasteiger partial charge < -0.3 is 0 Å². The first-order valence-electron chi connectivity index (χ1n) is 5.55. The SMILES string of the molecule is C=Cc1ccccc1C(C)=O.c1cc2ccc1-2. The average Bonchev–Trinajstić information content (AvgIpc) is 2.34. The number of Topliss-reactive ketones (excluding diaryl/α,β-unsaturated/α-hetero) is 1. The molecular formula is C16H14O. The molecule has 1 heteroatoms. The second-order valence-electron chi connectivity index (χ2n) is 3.92. The lowest BCUT2D eigenvalue weighted by molar-refractivity contribution is 0.101. The minimum atomic E-state index is 0.0838. The van der Waals surface area contributed by atoms with Gasteiger partial charge in [-0.1, -0.05) is 61.2 Å². The van der Waals surface area contributed by atoms with E-state index in [0.29, 0.717) is 0 Å². The summed E-state index contributed by atoms with van der Waals surface area (Å²) in [6.45, 7) is 5.18. The molecule has 0 saturated carbocycles. The smallest absolute Gasteiger partial charge is 0.160 e. The van der Waals surface area contributed by atoms with Gasteiger partial charge in [0.15, 0.2) is 5.78 Å². The predicted octanol–water partition coefficient (Wildman–Crippen LogP) is 4.20. The summed E-state index contributed by atoms with van der Waals surface area (Å²) in [4.78, 5) is 11.0. The average molecular weight is 222 g/mol. The van der Waals surface area contributed by atoms with E-state index in [2.05, 4.69) is 30.8 Å². The first-order valence-corrected chi connectivity index (χ1v) is 5.55. The normalized spacial score (nSPS) is 9.94. The largest absolute Gasteiger partial charge is 0.294 e. The van der Waals surface area contributed by atoms with Crippen molar-refractivity contribution in [3.8, 4) is 11.1 Å². The molecule has 0 bridgehead atoms. The Morgan fingerprint density at radius 1 is 1.00 bits per heavy atom. The van der Waals surface area contributed by atoms with Crippen molar-refractivity contribution in [3.63, 3.8) is 0 Å². The summed E-state index contributed by atoms with van der Waals surface area (Å²) in [5.74, 6) is 0.0838. The Labute approximate surface area is 101 Å². The third-order valence-electron chi connectivity index (χ3n) is 2.78. The number of carbonyl (C=O) groups is 1. The minimum absolute atomic E-state index is 0.0838. The number of carbonyl (C=O) groups excluding carboxylic acids is 1. The molecule has 1 aromatic rings. The standard InChI is InChI=1S/C10H10O.C6H4/c1-3-9-6-4-5-7-10(9)8(2)11;1-2-6-4-3-5(1)6/h3-7H,1H2,2H3;1-4H. The van der Waals surface area contributed by atoms with Crippen LogP contribution in [-0.4, -0.2) is 5.78 Å². The Kier molecular flexibility index (Phi) is 3.20. The highest BCUT2D eigenvalue weighted by atomic mass is 16.1. The van der Waals surface area contributed by atoms with Crippen LogP contribution in [0.2, 0.25) is 0 Å². The third-order valence-corrected chi connectivity index (χ3v) is 2.78. The molecule has 0 atom stereocenters. The van der Waals surface area contributed by atoms with Crippen LogP contribution in [0.15, 0.2) is 55.1 Å². The monoisotopic (exact) mass is 222 g/mol. The van der Waals surface area contributed by atoms with Crippen molar-refractivity contribution in [3.05, 3.63) is 66.2 Å². The topological polar surface area (TPSA) is 17.1 Å². The lowest BCUT2D eigenvalue weighted by Gasteiger charge is -2.10. The van der Waals surface area contributed by atoms with E-state index in [0.717, 1.165) is 11.1 Å². The second kappa shape index (κ2) is 4.79. The summed E-state index contributed by atoms with van der Waals surface area (Å²) in [6, 6.07) is 15.9. The molecule has 0 saturated heterocycles. The van der Waals surface area contributed by atoms with Gasteiger partial charge in [0.2, 0.25) is 0 Å². The highest BCUT2D eigenvalue weighted by Crippen LogP contribution is 2.29. The molecule has 1 aromatic carbocycles. The van der Waals surface area contributed by atoms with Crippen LogP contribution in [0.5, 0.6) is 0 Å². The Morgan fingerprint density at radius 3 is 1.82 bits per heavy atom. The molecule has 0 fully saturated rings. The van der Waals surface area contributed by atoms with Crippen LogP contribution in [0, 0.1) is 0 Å². The molecular weight excluding hydrogens is 208 g/mol. The molecule has 1 nitrogen and oxygen atoms in total. The van der Waals surface area contributed by atoms with Crippen molar-refractivity contribution in [1.82, 2.24) is 0 Å². The molecule has 0 aromatic heterocycles. The van der Waals surface area contributed by atoms with Crippen molar-refractivity contribution in [1.29, 1.82) is 0 Å². The van der Waals surface area contributed by atoms with Crippen molar-refractivity contribution >= 4 is 11.9 Å². The van der Waals surface area contributed by atoms with Crippen LogP contribution in [0.25, 0.3) is 17.2 Å². The summed E-state index contributed by atoms with van der Waals surface area (Å²) in [6.07, 6.45) is 1.69. The predicted molar refractivity (Wildman–Crippen MR) is 72.0 cm³/mol. The van der Waals surface area contributed by atoms with Crippen LogP contribution >= 0.6 is 0 Å². The van der Waals surface area contributed by atoms with Gasteiger partial charge in [0.25, 0.3) is 0 Å². The highest BCUT2D eigenvalue weighted by molar-refractivity contribution is 5.97. The maximum atomic E-state index is 11.0. The van der Waals surface area contributed by atoms with Gasteiger partial charge in [0.1, 0.15) is 0 Å². The fourth-order valence-corrected chi connectivity index (χ4v) is 1.66. The molecule has 0 aliphatic heterocycles. The van der Waals surface area contributed by atoms with E-state index in [9.17, 15) is 4.79 Å². The Hall–Kier alpha value is -2.15. The second-order valence-corrected chi connectivity index (χ2v) is 3.92. The molecule has 84 valence electrons. The maximum absolute atomic E-state index is 11.0. The van der Waals surface area contributed by atoms with Crippen molar-refractivity contribution in [2.24, 2.45) is 0 Å². The molecule has 0 amide bonds. The Bertz CT molecular complexity index is 529. The van der Waals surface area contributed by atoms with Gasteiger partial charge in [-0.15, -0.1) is 0 Å². The van der Waals surface area contributed by atoms with Crippen LogP contribution < -0.4 is 0 Å². The van der Waals surface area contributed by atoms with Crippen LogP contribution in [0.4, 0.5) is 0 Å². The van der Waals surface area contributed by atoms with Gasteiger partial charge >= 0.3 is 0 Å². The first-order chi connectivity index (χ1) is 8.22. The molecule has 17 heavy (non-hydrogen) atoms. The van der Waals surface area contributed by atoms with Gasteiger partial charge in [-0.2, -0.15) is 0 Å². The number of hydrogen-bond acceptors (Lipinski definition) is 1. The van der Waals surface area contributed by atoms with E-state index in [-0.39, 0.29) is 5.78 Å². The molecule has 0 N–H and O–H groups in total. The number of rotatable bonds is 2. The van der Waals surface area contributed by atoms with Crippen LogP contribution in [-0.2, 0) is 0 Å². The zero-order valence-corrected chi connectivity index (χ0v) is 9.81. The van der Waals surface area contributed by atoms with Crippen molar-refractivity contribution in [2.45, 2.75) is 6.92 Å². The summed E-state index contributed by atoms with van der Waals surface area (Å²) >= 11 is 0. The quantitative estimate of drug-likeness (QED) is 0.594. The van der Waals surface area contributed by atoms with E-state index in [1.54, 1.807) is 19.1 Å². The van der Waals surface area contributed by atoms with E-state index in [1.807, 2.05) is 18.2 Å². The maximum Gasteiger partial charge on any atom is 0.160 e. The van der Waals surface area contributed by atoms with Crippen molar-refractivity contribution < 1.29 is 4.79 Å². The fraction of sp³-hybridized carbons (Fsp3) is 0.0625. The van der Waals surface area contributed by atoms with Gasteiger partial charge in [-0.3, -0.25) is 4.79 Å². The summed E-state index contributed by atoms with van der Waals surface area (Å²) < 4.78 is 0. The van der Waals surface area contributed by atoms with Crippen molar-refractivity contribution in [2.75, 3.05) is 0 Å². The van der Waals surface area contributed by atoms with Gasteiger partial charge in [0.05, 0.1) is 0 Å². The van der Waals surface area contributed by atoms with Crippen LogP contribution in [0.3, 0.4) is 0 Å². The summed E-state index contributed by atoms with van der Waals surface area (Å²) in [7, 11) is 0. The fourth-order valence-electron chi connectivity index (χ4n) is 1.66. The van der Waals surface area contributed by atoms with E-state index in [4.69, 9.17) is 0 Å². The molecule has 2 aliphatic carbocycles. The van der Waals surface area contributed by atoms with Gasteiger partial charge in [-0.05, 0) is 23.6 Å². The van der Waals surface area contributed by atoms with Crippen LogP contribution in [0.1, 0.15) is 22.8 Å². The molecule has 0 unspecified atom stereocenters. The molecule has 0 radical (unpaired) electrons. The third kappa shape index (κ3) is 2.34. The lowest BCUT2D eigenvalue weighted by atomic mass is 9.95. The van der Waals surface area contributed by atoms with Gasteiger partial charge in [-0.25, -0.2) is 0 Å². The first kappa shape index (κ1) is 11.3. The van der Waals surface area contributed by atoms with E-state index < -0.39 is 0 Å². The molecule has 0 spiro atoms. The van der Waals surface area contributed by atoms with E-state index >= 15 is 0 Å². The Morgan fingerprint density at radius 2 is 1.53 bits per heavy atom. The highest BCUT2D eigenvalue weighted by Gasteiger charge is 2.04. The number of benzene rings is 2. The Balaban J connectivity index is 0.000000148. The summed E-state index contributed by atoms with van der Waals surface area (Å²) in [5, 5.41) is 0. The zero-order chi connectivity index (χ0) is 12.3. The number of fused-ring (bicyclic) bond motifs is 1.